The average Bonchev–Trinajstić information content (AvgIpc) is 2.51. The molecule has 27 heavy (non-hydrogen) atoms. The first kappa shape index (κ1) is 32.7. The van der Waals surface area contributed by atoms with Gasteiger partial charge in [0.2, 0.25) is 0 Å². The second kappa shape index (κ2) is 21.8. The van der Waals surface area contributed by atoms with E-state index in [2.05, 4.69) is 6.92 Å². The van der Waals surface area contributed by atoms with Crippen molar-refractivity contribution in [1.29, 1.82) is 0 Å². The van der Waals surface area contributed by atoms with Crippen molar-refractivity contribution in [1.82, 2.24) is 0 Å². The molecule has 0 heterocycles. The number of carbonyl (C=O) groups is 1. The third kappa shape index (κ3) is 27.1. The minimum absolute atomic E-state index is 0. The molecule has 0 bridgehead atoms. The Kier molecular flexibility index (Phi) is 26.4. The van der Waals surface area contributed by atoms with Gasteiger partial charge >= 0.3 is 69.5 Å². The van der Waals surface area contributed by atoms with Crippen LogP contribution in [-0.2, 0) is 19.4 Å². The molecule has 0 aliphatic carbocycles. The number of carbonyl (C=O) groups excluding carboxylic acids is 1. The largest absolute Gasteiger partial charge is 1.00 e. The molecule has 1 atom stereocenters. The Balaban J connectivity index is -0.00000288. The Morgan fingerprint density at radius 3 is 2.19 bits per heavy atom. The van der Waals surface area contributed by atoms with Gasteiger partial charge in [-0.25, -0.2) is 4.18 Å². The first-order valence-electron chi connectivity index (χ1n) is 9.35. The predicted octanol–water partition coefficient (Wildman–Crippen LogP) is -2.42. The van der Waals surface area contributed by atoms with Gasteiger partial charge in [0.15, 0.2) is 0 Å². The summed E-state index contributed by atoms with van der Waals surface area (Å²) in [4.78, 5) is 10.3. The zero-order valence-electron chi connectivity index (χ0n) is 17.3. The molecule has 6 nitrogen and oxygen atoms in total. The molecule has 0 aliphatic rings. The molecule has 0 radical (unpaired) electrons. The SMILES string of the molecule is CCCCCC[C@H](C/C=C\CCCCCCCC(=O)[O-])OS(=O)(=O)O.[Na+].[Na+]. The van der Waals surface area contributed by atoms with E-state index in [1.54, 1.807) is 0 Å². The topological polar surface area (TPSA) is 104 Å². The standard InChI is InChI=1S/C18H34O6S.2Na/c1-2-3-4-11-14-17(24-25(21,22)23)15-12-9-7-5-6-8-10-13-16-18(19)20;;/h9,12,17H,2-8,10-11,13-16H2,1H3,(H,19,20)(H,21,22,23);;/q;2*+1/p-1/b12-9-;;/t17-;;/m1../s1. The predicted molar refractivity (Wildman–Crippen MR) is 96.3 cm³/mol. The van der Waals surface area contributed by atoms with Crippen LogP contribution < -0.4 is 64.2 Å². The zero-order chi connectivity index (χ0) is 19.0. The number of allylic oxidation sites excluding steroid dienone is 1. The Morgan fingerprint density at radius 2 is 1.59 bits per heavy atom. The Hall–Kier alpha value is 1.08. The minimum Gasteiger partial charge on any atom is -0.550 e. The van der Waals surface area contributed by atoms with E-state index in [0.29, 0.717) is 19.3 Å². The number of carboxylic acid groups (broad SMARTS) is 1. The molecule has 0 saturated carbocycles. The van der Waals surface area contributed by atoms with Gasteiger partial charge in [-0.3, -0.25) is 4.55 Å². The summed E-state index contributed by atoms with van der Waals surface area (Å²) in [5, 5.41) is 10.3. The van der Waals surface area contributed by atoms with Crippen molar-refractivity contribution in [2.24, 2.45) is 0 Å². The fourth-order valence-electron chi connectivity index (χ4n) is 2.60. The van der Waals surface area contributed by atoms with E-state index in [9.17, 15) is 18.3 Å². The van der Waals surface area contributed by atoms with Gasteiger partial charge in [0.05, 0.1) is 6.10 Å². The summed E-state index contributed by atoms with van der Waals surface area (Å²) in [5.74, 6) is -0.987. The summed E-state index contributed by atoms with van der Waals surface area (Å²) >= 11 is 0. The van der Waals surface area contributed by atoms with Gasteiger partial charge in [0.25, 0.3) is 0 Å². The van der Waals surface area contributed by atoms with Crippen LogP contribution in [0.4, 0.5) is 0 Å². The molecule has 0 amide bonds. The molecule has 148 valence electrons. The van der Waals surface area contributed by atoms with E-state index in [1.807, 2.05) is 12.2 Å². The van der Waals surface area contributed by atoms with Crippen LogP contribution in [0.15, 0.2) is 12.2 Å². The first-order valence-corrected chi connectivity index (χ1v) is 10.7. The normalized spacial score (nSPS) is 12.4. The molecule has 1 N–H and O–H groups in total. The molecule has 9 heteroatoms. The molecule has 0 aromatic carbocycles. The third-order valence-corrected chi connectivity index (χ3v) is 4.47. The van der Waals surface area contributed by atoms with E-state index in [1.165, 1.54) is 0 Å². The van der Waals surface area contributed by atoms with Crippen molar-refractivity contribution in [3.8, 4) is 0 Å². The van der Waals surface area contributed by atoms with Crippen LogP contribution in [0.2, 0.25) is 0 Å². The molecular weight excluding hydrogens is 390 g/mol. The number of hydrogen-bond donors (Lipinski definition) is 1. The van der Waals surface area contributed by atoms with E-state index >= 15 is 0 Å². The van der Waals surface area contributed by atoms with Gasteiger partial charge < -0.3 is 9.90 Å². The molecular formula is C18H33Na2O6S+. The molecule has 0 fully saturated rings. The van der Waals surface area contributed by atoms with Crippen LogP contribution in [0.5, 0.6) is 0 Å². The first-order chi connectivity index (χ1) is 11.8. The van der Waals surface area contributed by atoms with Gasteiger partial charge in [0, 0.05) is 5.97 Å². The molecule has 0 aromatic heterocycles. The zero-order valence-corrected chi connectivity index (χ0v) is 22.1. The molecule has 0 saturated heterocycles. The van der Waals surface area contributed by atoms with Crippen molar-refractivity contribution >= 4 is 16.4 Å². The van der Waals surface area contributed by atoms with Crippen molar-refractivity contribution in [2.75, 3.05) is 0 Å². The van der Waals surface area contributed by atoms with Crippen LogP contribution in [0.25, 0.3) is 0 Å². The fraction of sp³-hybridized carbons (Fsp3) is 0.833. The Labute approximate surface area is 209 Å². The van der Waals surface area contributed by atoms with Crippen molar-refractivity contribution in [3.05, 3.63) is 12.2 Å². The quantitative estimate of drug-likeness (QED) is 0.121. The molecule has 0 spiro atoms. The summed E-state index contributed by atoms with van der Waals surface area (Å²) in [6.45, 7) is 2.11. The molecule has 0 aliphatic heterocycles. The van der Waals surface area contributed by atoms with Crippen molar-refractivity contribution < 1.29 is 86.2 Å². The molecule has 0 unspecified atom stereocenters. The van der Waals surface area contributed by atoms with Gasteiger partial charge in [-0.2, -0.15) is 8.42 Å². The number of rotatable bonds is 17. The third-order valence-electron chi connectivity index (χ3n) is 3.95. The average molecular weight is 424 g/mol. The number of carboxylic acids is 1. The number of aliphatic carboxylic acids is 1. The minimum atomic E-state index is -4.41. The number of hydrogen-bond acceptors (Lipinski definition) is 5. The van der Waals surface area contributed by atoms with Crippen LogP contribution in [0.3, 0.4) is 0 Å². The van der Waals surface area contributed by atoms with Crippen LogP contribution in [-0.4, -0.2) is 25.0 Å². The molecule has 0 aromatic rings. The fourth-order valence-corrected chi connectivity index (χ4v) is 3.12. The monoisotopic (exact) mass is 423 g/mol. The van der Waals surface area contributed by atoms with Crippen LogP contribution in [0, 0.1) is 0 Å². The second-order valence-corrected chi connectivity index (χ2v) is 7.43. The van der Waals surface area contributed by atoms with E-state index < -0.39 is 22.5 Å². The van der Waals surface area contributed by atoms with Crippen molar-refractivity contribution in [3.63, 3.8) is 0 Å². The van der Waals surface area contributed by atoms with E-state index in [4.69, 9.17) is 8.74 Å². The van der Waals surface area contributed by atoms with Gasteiger partial charge in [-0.05, 0) is 38.5 Å². The summed E-state index contributed by atoms with van der Waals surface area (Å²) in [6.07, 6.45) is 14.3. The van der Waals surface area contributed by atoms with Crippen LogP contribution >= 0.6 is 0 Å². The summed E-state index contributed by atoms with van der Waals surface area (Å²) in [6, 6.07) is 0. The second-order valence-electron chi connectivity index (χ2n) is 6.38. The maximum Gasteiger partial charge on any atom is 1.00 e. The van der Waals surface area contributed by atoms with Crippen LogP contribution in [0.1, 0.15) is 90.4 Å². The van der Waals surface area contributed by atoms with E-state index in [-0.39, 0.29) is 65.5 Å². The summed E-state index contributed by atoms with van der Waals surface area (Å²) < 4.78 is 35.4. The van der Waals surface area contributed by atoms with Gasteiger partial charge in [-0.15, -0.1) is 0 Å². The Bertz CT molecular complexity index is 468. The molecule has 0 rings (SSSR count). The van der Waals surface area contributed by atoms with Gasteiger partial charge in [-0.1, -0.05) is 64.0 Å². The Morgan fingerprint density at radius 1 is 1.00 bits per heavy atom. The van der Waals surface area contributed by atoms with Crippen molar-refractivity contribution in [2.45, 2.75) is 96.5 Å². The summed E-state index contributed by atoms with van der Waals surface area (Å²) in [7, 11) is -4.41. The van der Waals surface area contributed by atoms with Gasteiger partial charge in [0.1, 0.15) is 0 Å². The maximum absolute atomic E-state index is 10.9. The maximum atomic E-state index is 10.9. The van der Waals surface area contributed by atoms with E-state index in [0.717, 1.165) is 57.8 Å². The number of unbranched alkanes of at least 4 members (excludes halogenated alkanes) is 8. The smallest absolute Gasteiger partial charge is 0.550 e. The summed E-state index contributed by atoms with van der Waals surface area (Å²) in [5.41, 5.74) is 0.